The largest absolute Gasteiger partial charge is 0.0622 e. The third kappa shape index (κ3) is 6.09. The van der Waals surface area contributed by atoms with Gasteiger partial charge in [0.2, 0.25) is 0 Å². The summed E-state index contributed by atoms with van der Waals surface area (Å²) in [6.45, 7) is 9.70. The first-order valence-corrected chi connectivity index (χ1v) is 26.2. The van der Waals surface area contributed by atoms with E-state index in [1.54, 1.807) is 0 Å². The lowest BCUT2D eigenvalue weighted by atomic mass is 9.78. The molecule has 12 aromatic carbocycles. The van der Waals surface area contributed by atoms with Crippen molar-refractivity contribution in [3.63, 3.8) is 0 Å². The van der Waals surface area contributed by atoms with Crippen LogP contribution in [0.1, 0.15) is 49.9 Å². The van der Waals surface area contributed by atoms with Gasteiger partial charge < -0.3 is 0 Å². The van der Waals surface area contributed by atoms with Crippen LogP contribution in [0.4, 0.5) is 0 Å². The second-order valence-corrected chi connectivity index (χ2v) is 21.9. The summed E-state index contributed by atoms with van der Waals surface area (Å²) < 4.78 is 0. The van der Waals surface area contributed by atoms with Crippen LogP contribution in [-0.2, 0) is 10.8 Å². The summed E-state index contributed by atoms with van der Waals surface area (Å²) in [6.07, 6.45) is 0. The van der Waals surface area contributed by atoms with Crippen molar-refractivity contribution >= 4 is 21.5 Å². The first kappa shape index (κ1) is 42.8. The number of rotatable bonds is 6. The van der Waals surface area contributed by atoms with Gasteiger partial charge in [0, 0.05) is 10.8 Å². The molecule has 0 radical (unpaired) electrons. The Kier molecular flexibility index (Phi) is 9.16. The Morgan fingerprint density at radius 3 is 0.919 bits per heavy atom. The molecule has 0 bridgehead atoms. The zero-order valence-corrected chi connectivity index (χ0v) is 42.1. The standard InChI is InChI=1S/C74H52/c1-73(2)64-41-48(54-27-13-11-25-52(54)45-19-7-5-8-20-45)33-37-56(64)58-39-35-50(43-66(58)73)69-60-29-15-16-30-61(60)70(72-63-32-18-24-47-23-17-31-62(68(47)63)71(69)72)51-36-40-59-57-38-34-49(42-65(57)74(3,4)67(59)44-51)55-28-14-12-26-53(55)46-21-9-6-10-22-46/h5-44H,1-4H3. The molecule has 3 aliphatic carbocycles. The second-order valence-electron chi connectivity index (χ2n) is 21.9. The van der Waals surface area contributed by atoms with Crippen molar-refractivity contribution in [2.24, 2.45) is 0 Å². The van der Waals surface area contributed by atoms with E-state index in [1.165, 1.54) is 155 Å². The summed E-state index contributed by atoms with van der Waals surface area (Å²) in [5.41, 5.74) is 30.8. The topological polar surface area (TPSA) is 0 Å². The van der Waals surface area contributed by atoms with Crippen LogP contribution in [0.5, 0.6) is 0 Å². The van der Waals surface area contributed by atoms with Crippen LogP contribution in [0.25, 0.3) is 133 Å². The van der Waals surface area contributed by atoms with Gasteiger partial charge in [-0.15, -0.1) is 0 Å². The predicted molar refractivity (Wildman–Crippen MR) is 314 cm³/mol. The van der Waals surface area contributed by atoms with Crippen LogP contribution in [-0.4, -0.2) is 0 Å². The minimum Gasteiger partial charge on any atom is -0.0622 e. The predicted octanol–water partition coefficient (Wildman–Crippen LogP) is 20.3. The van der Waals surface area contributed by atoms with Crippen LogP contribution in [0.15, 0.2) is 243 Å². The molecule has 0 aromatic heterocycles. The van der Waals surface area contributed by atoms with E-state index >= 15 is 0 Å². The minimum absolute atomic E-state index is 0.221. The molecule has 74 heavy (non-hydrogen) atoms. The Hall–Kier alpha value is -8.84. The van der Waals surface area contributed by atoms with E-state index in [2.05, 4.69) is 270 Å². The number of benzene rings is 12. The maximum Gasteiger partial charge on any atom is 0.0159 e. The molecule has 3 aliphatic rings. The number of hydrogen-bond donors (Lipinski definition) is 0. The van der Waals surface area contributed by atoms with Gasteiger partial charge in [-0.1, -0.05) is 246 Å². The quantitative estimate of drug-likeness (QED) is 0.156. The van der Waals surface area contributed by atoms with Crippen molar-refractivity contribution in [3.05, 3.63) is 265 Å². The number of hydrogen-bond acceptors (Lipinski definition) is 0. The summed E-state index contributed by atoms with van der Waals surface area (Å²) in [7, 11) is 0. The fraction of sp³-hybridized carbons (Fsp3) is 0.0811. The first-order valence-electron chi connectivity index (χ1n) is 26.2. The van der Waals surface area contributed by atoms with Gasteiger partial charge in [0.15, 0.2) is 0 Å². The van der Waals surface area contributed by atoms with Crippen molar-refractivity contribution in [2.45, 2.75) is 38.5 Å². The average molecular weight is 941 g/mol. The Labute approximate surface area is 433 Å². The van der Waals surface area contributed by atoms with Crippen molar-refractivity contribution in [3.8, 4) is 111 Å². The highest BCUT2D eigenvalue weighted by molar-refractivity contribution is 6.27. The van der Waals surface area contributed by atoms with Gasteiger partial charge in [-0.05, 0) is 179 Å². The molecule has 12 aromatic rings. The van der Waals surface area contributed by atoms with E-state index in [9.17, 15) is 0 Å². The van der Waals surface area contributed by atoms with Gasteiger partial charge in [-0.25, -0.2) is 0 Å². The molecule has 0 aliphatic heterocycles. The SMILES string of the molecule is CC1(C)c2cc(-c3ccccc3-c3ccccc3)ccc2-c2ccc(-c3c4c(c(-c5ccc6c(c5)C(C)(C)c5cc(-c7ccccc7-c7ccccc7)ccc5-6)c5ccccc35)-c3cccc5cccc-4c35)cc21. The maximum atomic E-state index is 2.54. The molecular weight excluding hydrogens is 889 g/mol. The van der Waals surface area contributed by atoms with Gasteiger partial charge in [-0.3, -0.25) is 0 Å². The molecule has 0 saturated heterocycles. The Balaban J connectivity index is 0.891. The van der Waals surface area contributed by atoms with E-state index in [1.807, 2.05) is 0 Å². The molecular formula is C74H52. The minimum atomic E-state index is -0.221. The smallest absolute Gasteiger partial charge is 0.0159 e. The molecule has 0 amide bonds. The molecule has 15 rings (SSSR count). The summed E-state index contributed by atoms with van der Waals surface area (Å²) in [4.78, 5) is 0. The highest BCUT2D eigenvalue weighted by Crippen LogP contribution is 2.60. The molecule has 0 saturated carbocycles. The maximum absolute atomic E-state index is 2.54. The van der Waals surface area contributed by atoms with E-state index in [0.29, 0.717) is 0 Å². The molecule has 0 heteroatoms. The van der Waals surface area contributed by atoms with Gasteiger partial charge in [0.25, 0.3) is 0 Å². The molecule has 348 valence electrons. The third-order valence-electron chi connectivity index (χ3n) is 17.2. The van der Waals surface area contributed by atoms with Gasteiger partial charge >= 0.3 is 0 Å². The van der Waals surface area contributed by atoms with E-state index in [0.717, 1.165) is 0 Å². The lowest BCUT2D eigenvalue weighted by Gasteiger charge is -2.25. The van der Waals surface area contributed by atoms with Gasteiger partial charge in [0.1, 0.15) is 0 Å². The highest BCUT2D eigenvalue weighted by atomic mass is 14.4. The van der Waals surface area contributed by atoms with Crippen LogP contribution < -0.4 is 0 Å². The third-order valence-corrected chi connectivity index (χ3v) is 17.2. The lowest BCUT2D eigenvalue weighted by molar-refractivity contribution is 0.660. The zero-order valence-electron chi connectivity index (χ0n) is 42.1. The van der Waals surface area contributed by atoms with Crippen molar-refractivity contribution in [2.75, 3.05) is 0 Å². The highest BCUT2D eigenvalue weighted by Gasteiger charge is 2.39. The monoisotopic (exact) mass is 940 g/mol. The second kappa shape index (κ2) is 15.8. The van der Waals surface area contributed by atoms with Gasteiger partial charge in [0.05, 0.1) is 0 Å². The zero-order chi connectivity index (χ0) is 49.5. The Morgan fingerprint density at radius 1 is 0.216 bits per heavy atom. The molecule has 0 spiro atoms. The molecule has 0 heterocycles. The summed E-state index contributed by atoms with van der Waals surface area (Å²) in [5, 5.41) is 5.19. The Morgan fingerprint density at radius 2 is 0.527 bits per heavy atom. The van der Waals surface area contributed by atoms with Crippen LogP contribution in [0.3, 0.4) is 0 Å². The summed E-state index contributed by atoms with van der Waals surface area (Å²) in [6, 6.07) is 91.4. The van der Waals surface area contributed by atoms with E-state index in [-0.39, 0.29) is 10.8 Å². The van der Waals surface area contributed by atoms with Crippen LogP contribution in [0, 0.1) is 0 Å². The van der Waals surface area contributed by atoms with Gasteiger partial charge in [-0.2, -0.15) is 0 Å². The average Bonchev–Trinajstić information content (AvgIpc) is 3.99. The van der Waals surface area contributed by atoms with Crippen LogP contribution >= 0.6 is 0 Å². The lowest BCUT2D eigenvalue weighted by Crippen LogP contribution is -2.15. The molecule has 0 N–H and O–H groups in total. The van der Waals surface area contributed by atoms with E-state index < -0.39 is 0 Å². The summed E-state index contributed by atoms with van der Waals surface area (Å²) >= 11 is 0. The molecule has 0 nitrogen and oxygen atoms in total. The molecule has 0 atom stereocenters. The van der Waals surface area contributed by atoms with E-state index in [4.69, 9.17) is 0 Å². The fourth-order valence-electron chi connectivity index (χ4n) is 13.7. The molecule has 0 fully saturated rings. The first-order chi connectivity index (χ1) is 36.2. The summed E-state index contributed by atoms with van der Waals surface area (Å²) in [5.74, 6) is 0. The molecule has 0 unspecified atom stereocenters. The van der Waals surface area contributed by atoms with Crippen molar-refractivity contribution in [1.82, 2.24) is 0 Å². The fourth-order valence-corrected chi connectivity index (χ4v) is 13.7. The van der Waals surface area contributed by atoms with Crippen LogP contribution in [0.2, 0.25) is 0 Å². The number of fused-ring (bicyclic) bond motifs is 10. The normalized spacial score (nSPS) is 13.9. The van der Waals surface area contributed by atoms with Crippen molar-refractivity contribution < 1.29 is 0 Å². The van der Waals surface area contributed by atoms with Crippen molar-refractivity contribution in [1.29, 1.82) is 0 Å². The Bertz CT molecular complexity index is 4060.